The average Bonchev–Trinajstić information content (AvgIpc) is 3.09. The standard InChI is InChI=1S/C20H30BN3O3/c1-19(2)20(3,4)27-21(26-19)18-15-11-10-14(23(5)6)13-16(15)24(22-18)17-9-7-8-12-25-17/h10-11,13,17H,7-9,12H2,1-6H3. The topological polar surface area (TPSA) is 48.8 Å². The van der Waals surface area contributed by atoms with Gasteiger partial charge in [0.25, 0.3) is 0 Å². The molecule has 1 aromatic carbocycles. The van der Waals surface area contributed by atoms with Crippen LogP contribution >= 0.6 is 0 Å². The second-order valence-electron chi connectivity index (χ2n) is 8.84. The maximum absolute atomic E-state index is 6.29. The van der Waals surface area contributed by atoms with E-state index in [1.807, 2.05) is 18.8 Å². The molecule has 2 aliphatic heterocycles. The largest absolute Gasteiger partial charge is 0.517 e. The van der Waals surface area contributed by atoms with Gasteiger partial charge in [0.15, 0.2) is 6.23 Å². The average molecular weight is 371 g/mol. The predicted octanol–water partition coefficient (Wildman–Crippen LogP) is 3.10. The number of nitrogens with zero attached hydrogens (tertiary/aromatic N) is 3. The first-order valence-electron chi connectivity index (χ1n) is 9.86. The molecule has 1 unspecified atom stereocenters. The van der Waals surface area contributed by atoms with Crippen molar-refractivity contribution in [2.45, 2.75) is 64.4 Å². The second-order valence-corrected chi connectivity index (χ2v) is 8.84. The number of hydrogen-bond donors (Lipinski definition) is 0. The number of fused-ring (bicyclic) bond motifs is 1. The molecule has 0 amide bonds. The van der Waals surface area contributed by atoms with Gasteiger partial charge in [-0.3, -0.25) is 0 Å². The summed E-state index contributed by atoms with van der Waals surface area (Å²) in [6.07, 6.45) is 3.22. The molecular formula is C20H30BN3O3. The van der Waals surface area contributed by atoms with E-state index in [1.54, 1.807) is 0 Å². The van der Waals surface area contributed by atoms with Gasteiger partial charge < -0.3 is 18.9 Å². The van der Waals surface area contributed by atoms with Gasteiger partial charge in [0, 0.05) is 31.8 Å². The Morgan fingerprint density at radius 1 is 1.11 bits per heavy atom. The van der Waals surface area contributed by atoms with Crippen molar-refractivity contribution in [1.29, 1.82) is 0 Å². The second kappa shape index (κ2) is 6.50. The summed E-state index contributed by atoms with van der Waals surface area (Å²) < 4.78 is 20.6. The van der Waals surface area contributed by atoms with Crippen LogP contribution in [0.15, 0.2) is 18.2 Å². The normalized spacial score (nSPS) is 24.5. The van der Waals surface area contributed by atoms with Crippen molar-refractivity contribution in [2.75, 3.05) is 25.6 Å². The number of hydrogen-bond acceptors (Lipinski definition) is 5. The lowest BCUT2D eigenvalue weighted by Gasteiger charge is -2.32. The first-order chi connectivity index (χ1) is 12.7. The van der Waals surface area contributed by atoms with E-state index in [9.17, 15) is 0 Å². The van der Waals surface area contributed by atoms with E-state index in [4.69, 9.17) is 19.1 Å². The highest BCUT2D eigenvalue weighted by molar-refractivity contribution is 6.64. The van der Waals surface area contributed by atoms with Gasteiger partial charge in [-0.15, -0.1) is 0 Å². The summed E-state index contributed by atoms with van der Waals surface area (Å²) in [6, 6.07) is 6.41. The van der Waals surface area contributed by atoms with Crippen LogP contribution < -0.4 is 10.5 Å². The maximum Gasteiger partial charge on any atom is 0.517 e. The Morgan fingerprint density at radius 2 is 1.81 bits per heavy atom. The van der Waals surface area contributed by atoms with Crippen LogP contribution in [-0.2, 0) is 14.0 Å². The lowest BCUT2D eigenvalue weighted by molar-refractivity contribution is -0.0364. The van der Waals surface area contributed by atoms with Crippen LogP contribution in [0.5, 0.6) is 0 Å². The van der Waals surface area contributed by atoms with E-state index in [-0.39, 0.29) is 6.23 Å². The van der Waals surface area contributed by atoms with Crippen LogP contribution in [0.3, 0.4) is 0 Å². The third kappa shape index (κ3) is 3.16. The molecule has 2 saturated heterocycles. The van der Waals surface area contributed by atoms with Gasteiger partial charge in [0.1, 0.15) is 5.59 Å². The van der Waals surface area contributed by atoms with Crippen LogP contribution in [0.25, 0.3) is 10.9 Å². The molecule has 27 heavy (non-hydrogen) atoms. The van der Waals surface area contributed by atoms with Crippen molar-refractivity contribution in [3.05, 3.63) is 18.2 Å². The molecule has 1 atom stereocenters. The molecule has 146 valence electrons. The fourth-order valence-corrected chi connectivity index (χ4v) is 3.69. The Balaban J connectivity index is 1.81. The molecule has 0 bridgehead atoms. The van der Waals surface area contributed by atoms with Crippen molar-refractivity contribution in [1.82, 2.24) is 9.78 Å². The molecule has 0 saturated carbocycles. The fourth-order valence-electron chi connectivity index (χ4n) is 3.69. The van der Waals surface area contributed by atoms with Crippen LogP contribution in [-0.4, -0.2) is 48.8 Å². The van der Waals surface area contributed by atoms with E-state index < -0.39 is 18.3 Å². The number of rotatable bonds is 3. The summed E-state index contributed by atoms with van der Waals surface area (Å²) in [5, 5.41) is 6.01. The molecule has 0 radical (unpaired) electrons. The summed E-state index contributed by atoms with van der Waals surface area (Å²) in [7, 11) is 3.62. The Kier molecular flexibility index (Phi) is 4.52. The number of ether oxygens (including phenoxy) is 1. The van der Waals surface area contributed by atoms with Crippen molar-refractivity contribution in [2.24, 2.45) is 0 Å². The minimum Gasteiger partial charge on any atom is -0.398 e. The molecule has 4 rings (SSSR count). The zero-order chi connectivity index (χ0) is 19.4. The zero-order valence-electron chi connectivity index (χ0n) is 17.3. The Labute approximate surface area is 161 Å². The minimum absolute atomic E-state index is 0.0326. The van der Waals surface area contributed by atoms with Gasteiger partial charge in [0.05, 0.1) is 16.7 Å². The molecule has 2 aromatic rings. The summed E-state index contributed by atoms with van der Waals surface area (Å²) in [6.45, 7) is 9.06. The molecule has 3 heterocycles. The zero-order valence-corrected chi connectivity index (χ0v) is 17.3. The number of aromatic nitrogens is 2. The highest BCUT2D eigenvalue weighted by Gasteiger charge is 2.53. The van der Waals surface area contributed by atoms with Crippen LogP contribution in [0.4, 0.5) is 5.69 Å². The van der Waals surface area contributed by atoms with Gasteiger partial charge in [-0.05, 0) is 65.2 Å². The van der Waals surface area contributed by atoms with E-state index >= 15 is 0 Å². The van der Waals surface area contributed by atoms with Crippen LogP contribution in [0.1, 0.15) is 53.2 Å². The molecule has 0 spiro atoms. The maximum atomic E-state index is 6.29. The lowest BCUT2D eigenvalue weighted by atomic mass is 9.82. The van der Waals surface area contributed by atoms with Crippen LogP contribution in [0.2, 0.25) is 0 Å². The van der Waals surface area contributed by atoms with E-state index in [1.165, 1.54) is 0 Å². The summed E-state index contributed by atoms with van der Waals surface area (Å²) in [5.41, 5.74) is 2.26. The molecule has 2 aliphatic rings. The molecular weight excluding hydrogens is 341 g/mol. The fraction of sp³-hybridized carbons (Fsp3) is 0.650. The van der Waals surface area contributed by atoms with E-state index in [2.05, 4.69) is 50.8 Å². The Bertz CT molecular complexity index is 824. The van der Waals surface area contributed by atoms with E-state index in [0.717, 1.165) is 48.1 Å². The van der Waals surface area contributed by atoms with Crippen molar-refractivity contribution in [3.63, 3.8) is 0 Å². The highest BCUT2D eigenvalue weighted by atomic mass is 16.7. The number of anilines is 1. The monoisotopic (exact) mass is 371 g/mol. The van der Waals surface area contributed by atoms with Gasteiger partial charge in [-0.1, -0.05) is 0 Å². The van der Waals surface area contributed by atoms with Gasteiger partial charge >= 0.3 is 7.12 Å². The third-order valence-corrected chi connectivity index (χ3v) is 6.14. The van der Waals surface area contributed by atoms with Gasteiger partial charge in [-0.25, -0.2) is 4.68 Å². The quantitative estimate of drug-likeness (QED) is 0.776. The predicted molar refractivity (Wildman–Crippen MR) is 109 cm³/mol. The third-order valence-electron chi connectivity index (χ3n) is 6.14. The molecule has 6 nitrogen and oxygen atoms in total. The van der Waals surface area contributed by atoms with Gasteiger partial charge in [-0.2, -0.15) is 5.10 Å². The molecule has 7 heteroatoms. The summed E-state index contributed by atoms with van der Waals surface area (Å²) in [5.74, 6) is 0. The molecule has 1 aromatic heterocycles. The first-order valence-corrected chi connectivity index (χ1v) is 9.86. The summed E-state index contributed by atoms with van der Waals surface area (Å²) >= 11 is 0. The molecule has 2 fully saturated rings. The highest BCUT2D eigenvalue weighted by Crippen LogP contribution is 2.37. The Morgan fingerprint density at radius 3 is 2.41 bits per heavy atom. The summed E-state index contributed by atoms with van der Waals surface area (Å²) in [4.78, 5) is 2.10. The Hall–Kier alpha value is -1.57. The van der Waals surface area contributed by atoms with Crippen molar-refractivity contribution >= 4 is 29.3 Å². The van der Waals surface area contributed by atoms with Crippen LogP contribution in [0, 0.1) is 0 Å². The number of benzene rings is 1. The molecule has 0 N–H and O–H groups in total. The van der Waals surface area contributed by atoms with Gasteiger partial charge in [0.2, 0.25) is 0 Å². The first kappa shape index (κ1) is 18.8. The van der Waals surface area contributed by atoms with Crippen molar-refractivity contribution < 1.29 is 14.0 Å². The smallest absolute Gasteiger partial charge is 0.398 e. The lowest BCUT2D eigenvalue weighted by Crippen LogP contribution is -2.41. The van der Waals surface area contributed by atoms with Crippen molar-refractivity contribution in [3.8, 4) is 0 Å². The minimum atomic E-state index is -0.479. The van der Waals surface area contributed by atoms with E-state index in [0.29, 0.717) is 0 Å². The molecule has 0 aliphatic carbocycles. The SMILES string of the molecule is CN(C)c1ccc2c(B3OC(C)(C)C(C)(C)O3)nn(C3CCCCO3)c2c1.